The summed E-state index contributed by atoms with van der Waals surface area (Å²) in [6, 6.07) is 13.8. The fourth-order valence-electron chi connectivity index (χ4n) is 2.33. The molecule has 0 atom stereocenters. The molecule has 0 bridgehead atoms. The van der Waals surface area contributed by atoms with Crippen LogP contribution in [-0.2, 0) is 0 Å². The van der Waals surface area contributed by atoms with Gasteiger partial charge in [-0.3, -0.25) is 14.9 Å². The average Bonchev–Trinajstić information content (AvgIpc) is 2.71. The Hall–Kier alpha value is -2.93. The van der Waals surface area contributed by atoms with Crippen molar-refractivity contribution in [2.45, 2.75) is 26.7 Å². The van der Waals surface area contributed by atoms with E-state index in [4.69, 9.17) is 17.0 Å². The summed E-state index contributed by atoms with van der Waals surface area (Å²) >= 11 is 5.20. The molecule has 7 heteroatoms. The summed E-state index contributed by atoms with van der Waals surface area (Å²) in [7, 11) is 0. The highest BCUT2D eigenvalue weighted by Gasteiger charge is 2.10. The van der Waals surface area contributed by atoms with Crippen molar-refractivity contribution >= 4 is 34.8 Å². The van der Waals surface area contributed by atoms with Crippen molar-refractivity contribution in [3.63, 3.8) is 0 Å². The van der Waals surface area contributed by atoms with Gasteiger partial charge in [0.25, 0.3) is 11.8 Å². The number of carbonyl (C=O) groups excluding carboxylic acids is 2. The molecule has 2 amide bonds. The summed E-state index contributed by atoms with van der Waals surface area (Å²) in [5.41, 5.74) is 1.70. The molecule has 2 aromatic carbocycles. The average molecular weight is 400 g/mol. The lowest BCUT2D eigenvalue weighted by Crippen LogP contribution is -2.34. The normalized spacial score (nSPS) is 10.1. The quantitative estimate of drug-likeness (QED) is 0.589. The second kappa shape index (κ2) is 11.0. The number of amides is 2. The zero-order chi connectivity index (χ0) is 20.4. The third-order valence-electron chi connectivity index (χ3n) is 3.74. The molecule has 6 nitrogen and oxygen atoms in total. The van der Waals surface area contributed by atoms with E-state index in [0.717, 1.165) is 12.8 Å². The minimum absolute atomic E-state index is 0.116. The van der Waals surface area contributed by atoms with Crippen molar-refractivity contribution in [3.8, 4) is 5.75 Å². The maximum Gasteiger partial charge on any atom is 0.257 e. The van der Waals surface area contributed by atoms with Crippen molar-refractivity contribution < 1.29 is 14.3 Å². The van der Waals surface area contributed by atoms with Gasteiger partial charge in [-0.2, -0.15) is 0 Å². The van der Waals surface area contributed by atoms with Gasteiger partial charge in [0, 0.05) is 23.4 Å². The SMILES string of the molecule is CCCNC(=O)c1ccc(NC(=S)NC(=O)c2cccc(OCCC)c2)cc1. The minimum atomic E-state index is -0.324. The first kappa shape index (κ1) is 21.4. The van der Waals surface area contributed by atoms with Gasteiger partial charge in [-0.25, -0.2) is 0 Å². The predicted molar refractivity (Wildman–Crippen MR) is 115 cm³/mol. The van der Waals surface area contributed by atoms with Crippen LogP contribution in [0, 0.1) is 0 Å². The van der Waals surface area contributed by atoms with Crippen molar-refractivity contribution in [3.05, 3.63) is 59.7 Å². The van der Waals surface area contributed by atoms with Gasteiger partial charge in [0.05, 0.1) is 6.61 Å². The van der Waals surface area contributed by atoms with Crippen LogP contribution in [0.2, 0.25) is 0 Å². The molecule has 2 aromatic rings. The summed E-state index contributed by atoms with van der Waals surface area (Å²) in [5.74, 6) is 0.204. The monoisotopic (exact) mass is 399 g/mol. The smallest absolute Gasteiger partial charge is 0.257 e. The molecule has 0 fully saturated rings. The van der Waals surface area contributed by atoms with E-state index in [1.54, 1.807) is 48.5 Å². The first-order chi connectivity index (χ1) is 13.5. The molecule has 2 rings (SSSR count). The van der Waals surface area contributed by atoms with E-state index in [2.05, 4.69) is 16.0 Å². The van der Waals surface area contributed by atoms with Gasteiger partial charge in [-0.15, -0.1) is 0 Å². The molecular weight excluding hydrogens is 374 g/mol. The second-order valence-corrected chi connectivity index (χ2v) is 6.53. The van der Waals surface area contributed by atoms with Crippen LogP contribution in [0.4, 0.5) is 5.69 Å². The molecule has 0 aliphatic rings. The van der Waals surface area contributed by atoms with Gasteiger partial charge in [0.1, 0.15) is 5.75 Å². The highest BCUT2D eigenvalue weighted by Crippen LogP contribution is 2.14. The van der Waals surface area contributed by atoms with Crippen LogP contribution in [-0.4, -0.2) is 30.1 Å². The lowest BCUT2D eigenvalue weighted by Gasteiger charge is -2.11. The van der Waals surface area contributed by atoms with Gasteiger partial charge in [0.15, 0.2) is 5.11 Å². The van der Waals surface area contributed by atoms with Crippen molar-refractivity contribution in [1.82, 2.24) is 10.6 Å². The van der Waals surface area contributed by atoms with E-state index in [0.29, 0.717) is 35.7 Å². The lowest BCUT2D eigenvalue weighted by atomic mass is 10.2. The Balaban J connectivity index is 1.91. The zero-order valence-corrected chi connectivity index (χ0v) is 16.9. The number of thiocarbonyl (C=S) groups is 1. The summed E-state index contributed by atoms with van der Waals surface area (Å²) in [6.45, 7) is 5.25. The first-order valence-electron chi connectivity index (χ1n) is 9.27. The van der Waals surface area contributed by atoms with Gasteiger partial charge in [0.2, 0.25) is 0 Å². The van der Waals surface area contributed by atoms with Crippen LogP contribution >= 0.6 is 12.2 Å². The third-order valence-corrected chi connectivity index (χ3v) is 3.94. The van der Waals surface area contributed by atoms with Crippen LogP contribution < -0.4 is 20.7 Å². The Kier molecular flexibility index (Phi) is 8.42. The van der Waals surface area contributed by atoms with Crippen LogP contribution in [0.15, 0.2) is 48.5 Å². The maximum absolute atomic E-state index is 12.4. The molecule has 0 radical (unpaired) electrons. The molecular formula is C21H25N3O3S. The summed E-state index contributed by atoms with van der Waals surface area (Å²) in [5, 5.41) is 8.57. The first-order valence-corrected chi connectivity index (χ1v) is 9.67. The molecule has 0 spiro atoms. The van der Waals surface area contributed by atoms with E-state index >= 15 is 0 Å². The van der Waals surface area contributed by atoms with E-state index in [9.17, 15) is 9.59 Å². The van der Waals surface area contributed by atoms with Crippen LogP contribution in [0.25, 0.3) is 0 Å². The van der Waals surface area contributed by atoms with Crippen LogP contribution in [0.5, 0.6) is 5.75 Å². The number of benzene rings is 2. The summed E-state index contributed by atoms with van der Waals surface area (Å²) in [4.78, 5) is 24.3. The molecule has 0 aromatic heterocycles. The number of anilines is 1. The highest BCUT2D eigenvalue weighted by atomic mass is 32.1. The molecule has 0 heterocycles. The van der Waals surface area contributed by atoms with Crippen LogP contribution in [0.1, 0.15) is 47.4 Å². The van der Waals surface area contributed by atoms with Gasteiger partial charge < -0.3 is 15.4 Å². The summed E-state index contributed by atoms with van der Waals surface area (Å²) in [6.07, 6.45) is 1.77. The number of nitrogens with one attached hydrogen (secondary N) is 3. The molecule has 0 aliphatic heterocycles. The largest absolute Gasteiger partial charge is 0.494 e. The molecule has 3 N–H and O–H groups in total. The lowest BCUT2D eigenvalue weighted by molar-refractivity contribution is 0.0951. The summed E-state index contributed by atoms with van der Waals surface area (Å²) < 4.78 is 5.54. The zero-order valence-electron chi connectivity index (χ0n) is 16.1. The fraction of sp³-hybridized carbons (Fsp3) is 0.286. The molecule has 28 heavy (non-hydrogen) atoms. The molecule has 0 unspecified atom stereocenters. The maximum atomic E-state index is 12.4. The Morgan fingerprint density at radius 2 is 1.71 bits per heavy atom. The van der Waals surface area contributed by atoms with E-state index < -0.39 is 0 Å². The van der Waals surface area contributed by atoms with E-state index in [-0.39, 0.29) is 16.9 Å². The number of hydrogen-bond donors (Lipinski definition) is 3. The van der Waals surface area contributed by atoms with E-state index in [1.807, 2.05) is 13.8 Å². The van der Waals surface area contributed by atoms with Crippen molar-refractivity contribution in [2.24, 2.45) is 0 Å². The molecule has 0 saturated heterocycles. The second-order valence-electron chi connectivity index (χ2n) is 6.12. The standard InChI is InChI=1S/C21H25N3O3S/c1-3-12-22-19(25)15-8-10-17(11-9-15)23-21(28)24-20(26)16-6-5-7-18(14-16)27-13-4-2/h5-11,14H,3-4,12-13H2,1-2H3,(H,22,25)(H2,23,24,26,28). The van der Waals surface area contributed by atoms with Gasteiger partial charge in [-0.05, 0) is 67.5 Å². The van der Waals surface area contributed by atoms with Gasteiger partial charge in [-0.1, -0.05) is 19.9 Å². The van der Waals surface area contributed by atoms with E-state index in [1.165, 1.54) is 0 Å². The minimum Gasteiger partial charge on any atom is -0.494 e. The van der Waals surface area contributed by atoms with Crippen molar-refractivity contribution in [2.75, 3.05) is 18.5 Å². The van der Waals surface area contributed by atoms with Gasteiger partial charge >= 0.3 is 0 Å². The molecule has 0 saturated carbocycles. The number of ether oxygens (including phenoxy) is 1. The number of rotatable bonds is 8. The fourth-order valence-corrected chi connectivity index (χ4v) is 2.54. The van der Waals surface area contributed by atoms with Crippen LogP contribution in [0.3, 0.4) is 0 Å². The third kappa shape index (κ3) is 6.66. The Morgan fingerprint density at radius 3 is 2.39 bits per heavy atom. The van der Waals surface area contributed by atoms with Crippen molar-refractivity contribution in [1.29, 1.82) is 0 Å². The number of hydrogen-bond acceptors (Lipinski definition) is 4. The Labute approximate surface area is 170 Å². The Morgan fingerprint density at radius 1 is 0.964 bits per heavy atom. The number of carbonyl (C=O) groups is 2. The highest BCUT2D eigenvalue weighted by molar-refractivity contribution is 7.80. The predicted octanol–water partition coefficient (Wildman–Crippen LogP) is 3.74. The topological polar surface area (TPSA) is 79.5 Å². The molecule has 148 valence electrons. The Bertz CT molecular complexity index is 822. The molecule has 0 aliphatic carbocycles.